The predicted molar refractivity (Wildman–Crippen MR) is 119 cm³/mol. The van der Waals surface area contributed by atoms with Crippen molar-refractivity contribution in [1.29, 1.82) is 0 Å². The SMILES string of the molecule is CNCC1Cc2ccc(CNS(=O)(=O)C3CCC3)cc2C1Cc1cccc(C(F)(F)F)c1. The Morgan fingerprint density at radius 1 is 1.06 bits per heavy atom. The van der Waals surface area contributed by atoms with E-state index in [1.54, 1.807) is 6.07 Å². The Labute approximate surface area is 187 Å². The molecule has 0 aromatic heterocycles. The summed E-state index contributed by atoms with van der Waals surface area (Å²) in [6.45, 7) is 1.00. The van der Waals surface area contributed by atoms with E-state index in [-0.39, 0.29) is 23.6 Å². The fourth-order valence-corrected chi connectivity index (χ4v) is 6.39. The summed E-state index contributed by atoms with van der Waals surface area (Å²) in [7, 11) is -1.42. The summed E-state index contributed by atoms with van der Waals surface area (Å²) in [5.41, 5.74) is 3.22. The molecule has 0 saturated heterocycles. The summed E-state index contributed by atoms with van der Waals surface area (Å²) in [5, 5.41) is 2.92. The van der Waals surface area contributed by atoms with Crippen molar-refractivity contribution in [2.45, 2.75) is 56.0 Å². The lowest BCUT2D eigenvalue weighted by Gasteiger charge is -2.25. The topological polar surface area (TPSA) is 58.2 Å². The molecule has 0 amide bonds. The summed E-state index contributed by atoms with van der Waals surface area (Å²) in [6, 6.07) is 11.6. The number of hydrogen-bond donors (Lipinski definition) is 2. The molecule has 32 heavy (non-hydrogen) atoms. The van der Waals surface area contributed by atoms with Gasteiger partial charge in [0.1, 0.15) is 0 Å². The highest BCUT2D eigenvalue weighted by Gasteiger charge is 2.34. The third kappa shape index (κ3) is 5.02. The zero-order valence-electron chi connectivity index (χ0n) is 18.1. The molecule has 1 fully saturated rings. The average Bonchev–Trinajstić information content (AvgIpc) is 3.01. The molecule has 0 spiro atoms. The fraction of sp³-hybridized carbons (Fsp3) is 0.500. The van der Waals surface area contributed by atoms with Crippen molar-refractivity contribution in [1.82, 2.24) is 10.0 Å². The minimum Gasteiger partial charge on any atom is -0.319 e. The fourth-order valence-electron chi connectivity index (χ4n) is 4.83. The van der Waals surface area contributed by atoms with Crippen molar-refractivity contribution in [3.05, 3.63) is 70.3 Å². The Hall–Kier alpha value is -1.90. The molecule has 2 aliphatic carbocycles. The van der Waals surface area contributed by atoms with Crippen molar-refractivity contribution < 1.29 is 21.6 Å². The summed E-state index contributed by atoms with van der Waals surface area (Å²) >= 11 is 0. The van der Waals surface area contributed by atoms with Gasteiger partial charge in [-0.2, -0.15) is 13.2 Å². The second-order valence-electron chi connectivity index (χ2n) is 8.98. The first kappa shape index (κ1) is 23.3. The Morgan fingerprint density at radius 2 is 1.84 bits per heavy atom. The van der Waals surface area contributed by atoms with E-state index in [1.807, 2.05) is 25.2 Å². The number of nitrogens with one attached hydrogen (secondary N) is 2. The molecular weight excluding hydrogens is 437 g/mol. The lowest BCUT2D eigenvalue weighted by Crippen LogP contribution is -2.38. The molecule has 174 valence electrons. The van der Waals surface area contributed by atoms with Gasteiger partial charge < -0.3 is 5.32 Å². The van der Waals surface area contributed by atoms with Crippen LogP contribution >= 0.6 is 0 Å². The van der Waals surface area contributed by atoms with E-state index < -0.39 is 21.8 Å². The summed E-state index contributed by atoms with van der Waals surface area (Å²) in [5.74, 6) is 0.343. The van der Waals surface area contributed by atoms with Crippen LogP contribution < -0.4 is 10.0 Å². The average molecular weight is 467 g/mol. The second-order valence-corrected chi connectivity index (χ2v) is 11.0. The van der Waals surface area contributed by atoms with Crippen molar-refractivity contribution in [3.8, 4) is 0 Å². The number of hydrogen-bond acceptors (Lipinski definition) is 3. The lowest BCUT2D eigenvalue weighted by atomic mass is 9.86. The van der Waals surface area contributed by atoms with Crippen molar-refractivity contribution in [3.63, 3.8) is 0 Å². The zero-order valence-corrected chi connectivity index (χ0v) is 18.9. The molecule has 2 N–H and O–H groups in total. The van der Waals surface area contributed by atoms with Gasteiger partial charge in [0.05, 0.1) is 10.8 Å². The van der Waals surface area contributed by atoms with Gasteiger partial charge in [0, 0.05) is 6.54 Å². The van der Waals surface area contributed by atoms with E-state index >= 15 is 0 Å². The molecule has 2 aromatic carbocycles. The van der Waals surface area contributed by atoms with Crippen molar-refractivity contribution >= 4 is 10.0 Å². The van der Waals surface area contributed by atoms with Crippen LogP contribution in [-0.4, -0.2) is 27.3 Å². The van der Waals surface area contributed by atoms with Crippen LogP contribution in [0.5, 0.6) is 0 Å². The lowest BCUT2D eigenvalue weighted by molar-refractivity contribution is -0.137. The van der Waals surface area contributed by atoms with Crippen LogP contribution in [0.15, 0.2) is 42.5 Å². The van der Waals surface area contributed by atoms with E-state index in [0.717, 1.165) is 36.6 Å². The highest BCUT2D eigenvalue weighted by molar-refractivity contribution is 7.90. The molecule has 2 atom stereocenters. The van der Waals surface area contributed by atoms with Gasteiger partial charge in [0.15, 0.2) is 0 Å². The first-order chi connectivity index (χ1) is 15.2. The largest absolute Gasteiger partial charge is 0.416 e. The van der Waals surface area contributed by atoms with Gasteiger partial charge in [-0.25, -0.2) is 13.1 Å². The van der Waals surface area contributed by atoms with Gasteiger partial charge in [0.2, 0.25) is 10.0 Å². The van der Waals surface area contributed by atoms with Gasteiger partial charge in [-0.3, -0.25) is 0 Å². The standard InChI is InChI=1S/C24H29F3N2O2S/c1-28-15-19-13-18-9-8-17(14-29-32(30,31)21-6-3-7-21)12-22(18)23(19)11-16-4-2-5-20(10-16)24(25,26)27/h2,4-5,8-10,12,19,21,23,28-29H,3,6-7,11,13-15H2,1H3. The highest BCUT2D eigenvalue weighted by atomic mass is 32.2. The molecule has 2 aliphatic rings. The van der Waals surface area contributed by atoms with E-state index in [0.29, 0.717) is 24.8 Å². The highest BCUT2D eigenvalue weighted by Crippen LogP contribution is 2.41. The molecule has 0 heterocycles. The van der Waals surface area contributed by atoms with Crippen molar-refractivity contribution in [2.75, 3.05) is 13.6 Å². The molecule has 8 heteroatoms. The van der Waals surface area contributed by atoms with Crippen LogP contribution in [-0.2, 0) is 35.6 Å². The molecule has 0 bridgehead atoms. The molecule has 4 nitrogen and oxygen atoms in total. The van der Waals surface area contributed by atoms with Gasteiger partial charge in [-0.1, -0.05) is 42.8 Å². The van der Waals surface area contributed by atoms with Crippen LogP contribution in [0.25, 0.3) is 0 Å². The van der Waals surface area contributed by atoms with Gasteiger partial charge in [-0.05, 0) is 79.4 Å². The summed E-state index contributed by atoms with van der Waals surface area (Å²) in [4.78, 5) is 0. The Balaban J connectivity index is 1.55. The van der Waals surface area contributed by atoms with E-state index in [4.69, 9.17) is 0 Å². The normalized spacial score (nSPS) is 21.4. The minimum atomic E-state index is -4.36. The first-order valence-electron chi connectivity index (χ1n) is 11.1. The summed E-state index contributed by atoms with van der Waals surface area (Å²) in [6.07, 6.45) is -0.615. The van der Waals surface area contributed by atoms with Gasteiger partial charge in [0.25, 0.3) is 0 Å². The maximum atomic E-state index is 13.2. The third-order valence-electron chi connectivity index (χ3n) is 6.81. The number of halogens is 3. The minimum absolute atomic E-state index is 0.0733. The first-order valence-corrected chi connectivity index (χ1v) is 12.6. The molecule has 0 radical (unpaired) electrons. The third-order valence-corrected chi connectivity index (χ3v) is 8.70. The smallest absolute Gasteiger partial charge is 0.319 e. The Bertz CT molecular complexity index is 1070. The molecule has 0 aliphatic heterocycles. The van der Waals surface area contributed by atoms with Crippen LogP contribution in [0.4, 0.5) is 13.2 Å². The molecule has 2 unspecified atom stereocenters. The summed E-state index contributed by atoms with van der Waals surface area (Å²) < 4.78 is 67.0. The van der Waals surface area contributed by atoms with Crippen molar-refractivity contribution in [2.24, 2.45) is 5.92 Å². The maximum absolute atomic E-state index is 13.2. The number of sulfonamides is 1. The van der Waals surface area contributed by atoms with E-state index in [9.17, 15) is 21.6 Å². The number of rotatable bonds is 8. The number of fused-ring (bicyclic) bond motifs is 1. The second kappa shape index (κ2) is 9.15. The quantitative estimate of drug-likeness (QED) is 0.607. The zero-order chi connectivity index (χ0) is 22.9. The van der Waals surface area contributed by atoms with Crippen LogP contribution in [0, 0.1) is 5.92 Å². The Kier molecular flexibility index (Phi) is 6.66. The van der Waals surface area contributed by atoms with E-state index in [2.05, 4.69) is 10.0 Å². The molecule has 4 rings (SSSR count). The predicted octanol–water partition coefficient (Wildman–Crippen LogP) is 4.40. The maximum Gasteiger partial charge on any atom is 0.416 e. The van der Waals surface area contributed by atoms with Crippen LogP contribution in [0.3, 0.4) is 0 Å². The molecular formula is C24H29F3N2O2S. The monoisotopic (exact) mass is 466 g/mol. The molecule has 2 aromatic rings. The number of alkyl halides is 3. The van der Waals surface area contributed by atoms with Gasteiger partial charge >= 0.3 is 6.18 Å². The van der Waals surface area contributed by atoms with Crippen LogP contribution in [0.2, 0.25) is 0 Å². The molecule has 1 saturated carbocycles. The van der Waals surface area contributed by atoms with Gasteiger partial charge in [-0.15, -0.1) is 0 Å². The van der Waals surface area contributed by atoms with E-state index in [1.165, 1.54) is 17.7 Å². The van der Waals surface area contributed by atoms with Crippen LogP contribution in [0.1, 0.15) is 53.0 Å². The number of benzene rings is 2. The Morgan fingerprint density at radius 3 is 2.50 bits per heavy atom.